The fourth-order valence-corrected chi connectivity index (χ4v) is 4.07. The molecule has 1 amide bonds. The first kappa shape index (κ1) is 22.9. The van der Waals surface area contributed by atoms with E-state index in [-0.39, 0.29) is 41.7 Å². The quantitative estimate of drug-likeness (QED) is 0.434. The number of likely N-dealkylation sites (N-methyl/N-ethyl adjacent to an activating group) is 1. The number of benzene rings is 2. The van der Waals surface area contributed by atoms with Gasteiger partial charge in [-0.2, -0.15) is 0 Å². The van der Waals surface area contributed by atoms with E-state index in [1.165, 1.54) is 18.2 Å². The molecular formula is C24H28FN5O3. The number of amides is 1. The normalized spacial score (nSPS) is 17.9. The molecule has 0 bridgehead atoms. The molecular weight excluding hydrogens is 425 g/mol. The topological polar surface area (TPSA) is 111 Å². The summed E-state index contributed by atoms with van der Waals surface area (Å²) in [6, 6.07) is 9.16. The van der Waals surface area contributed by atoms with Crippen molar-refractivity contribution in [2.45, 2.75) is 31.3 Å². The molecule has 33 heavy (non-hydrogen) atoms. The second-order valence-electron chi connectivity index (χ2n) is 8.51. The highest BCUT2D eigenvalue weighted by atomic mass is 19.1. The lowest BCUT2D eigenvalue weighted by molar-refractivity contribution is -0.130. The third kappa shape index (κ3) is 5.04. The predicted octanol–water partition coefficient (Wildman–Crippen LogP) is 2.30. The van der Waals surface area contributed by atoms with Gasteiger partial charge in [0.2, 0.25) is 5.91 Å². The van der Waals surface area contributed by atoms with Crippen molar-refractivity contribution in [2.24, 2.45) is 0 Å². The summed E-state index contributed by atoms with van der Waals surface area (Å²) in [5.41, 5.74) is 1.86. The molecule has 0 spiro atoms. The predicted molar refractivity (Wildman–Crippen MR) is 125 cm³/mol. The molecule has 1 aromatic heterocycles. The molecule has 1 aliphatic heterocycles. The van der Waals surface area contributed by atoms with Gasteiger partial charge in [-0.1, -0.05) is 6.07 Å². The number of hydrogen-bond acceptors (Lipinski definition) is 7. The zero-order chi connectivity index (χ0) is 23.5. The number of phenolic OH excluding ortho intramolecular Hbond substituents is 1. The zero-order valence-corrected chi connectivity index (χ0v) is 18.7. The van der Waals surface area contributed by atoms with Crippen LogP contribution in [-0.4, -0.2) is 70.3 Å². The molecule has 4 N–H and O–H groups in total. The van der Waals surface area contributed by atoms with Crippen molar-refractivity contribution in [3.63, 3.8) is 0 Å². The Morgan fingerprint density at radius 3 is 2.82 bits per heavy atom. The summed E-state index contributed by atoms with van der Waals surface area (Å²) in [6.07, 6.45) is 1.92. The number of anilines is 1. The SMILES string of the molecule is CN(C)C(=O)[C@H]1C[C@H](Nc2nc(-c3cc(F)ccc3O)nc3cc(CCCO)ccc23)CN1. The Hall–Kier alpha value is -3.30. The van der Waals surface area contributed by atoms with Crippen molar-refractivity contribution in [3.05, 3.63) is 47.8 Å². The van der Waals surface area contributed by atoms with Crippen LogP contribution in [0.25, 0.3) is 22.3 Å². The Morgan fingerprint density at radius 2 is 2.06 bits per heavy atom. The molecule has 174 valence electrons. The summed E-state index contributed by atoms with van der Waals surface area (Å²) in [7, 11) is 3.46. The molecule has 1 fully saturated rings. The van der Waals surface area contributed by atoms with Crippen LogP contribution in [0.4, 0.5) is 10.2 Å². The number of rotatable bonds is 7. The zero-order valence-electron chi connectivity index (χ0n) is 18.7. The third-order valence-corrected chi connectivity index (χ3v) is 5.79. The highest BCUT2D eigenvalue weighted by molar-refractivity contribution is 5.91. The van der Waals surface area contributed by atoms with Gasteiger partial charge in [-0.05, 0) is 55.2 Å². The third-order valence-electron chi connectivity index (χ3n) is 5.79. The van der Waals surface area contributed by atoms with E-state index in [0.717, 1.165) is 10.9 Å². The number of halogens is 1. The van der Waals surface area contributed by atoms with Gasteiger partial charge in [0.15, 0.2) is 5.82 Å². The first-order valence-electron chi connectivity index (χ1n) is 11.0. The summed E-state index contributed by atoms with van der Waals surface area (Å²) in [5, 5.41) is 26.9. The maximum Gasteiger partial charge on any atom is 0.239 e. The number of aliphatic hydroxyl groups excluding tert-OH is 1. The molecule has 2 atom stereocenters. The Balaban J connectivity index is 1.72. The van der Waals surface area contributed by atoms with Crippen LogP contribution >= 0.6 is 0 Å². The van der Waals surface area contributed by atoms with E-state index in [4.69, 9.17) is 5.11 Å². The van der Waals surface area contributed by atoms with Crippen molar-refractivity contribution < 1.29 is 19.4 Å². The van der Waals surface area contributed by atoms with E-state index < -0.39 is 5.82 Å². The van der Waals surface area contributed by atoms with E-state index in [0.29, 0.717) is 37.1 Å². The molecule has 0 aliphatic carbocycles. The lowest BCUT2D eigenvalue weighted by Crippen LogP contribution is -2.39. The number of aliphatic hydroxyl groups is 1. The van der Waals surface area contributed by atoms with E-state index in [9.17, 15) is 14.3 Å². The summed E-state index contributed by atoms with van der Waals surface area (Å²) in [4.78, 5) is 23.1. The van der Waals surface area contributed by atoms with Gasteiger partial charge in [0.05, 0.1) is 17.1 Å². The Kier molecular flexibility index (Phi) is 6.71. The van der Waals surface area contributed by atoms with Gasteiger partial charge in [0.1, 0.15) is 17.4 Å². The first-order valence-corrected chi connectivity index (χ1v) is 11.0. The Morgan fingerprint density at radius 1 is 1.24 bits per heavy atom. The van der Waals surface area contributed by atoms with Crippen LogP contribution in [-0.2, 0) is 11.2 Å². The van der Waals surface area contributed by atoms with Crippen LogP contribution in [0.2, 0.25) is 0 Å². The summed E-state index contributed by atoms with van der Waals surface area (Å²) in [6.45, 7) is 0.684. The number of phenols is 1. The number of carbonyl (C=O) groups excluding carboxylic acids is 1. The average Bonchev–Trinajstić information content (AvgIpc) is 3.26. The first-order chi connectivity index (χ1) is 15.9. The molecule has 0 unspecified atom stereocenters. The van der Waals surface area contributed by atoms with E-state index in [1.807, 2.05) is 18.2 Å². The molecule has 9 heteroatoms. The fraction of sp³-hybridized carbons (Fsp3) is 0.375. The molecule has 0 radical (unpaired) electrons. The standard InChI is InChI=1S/C24H28FN5O3/c1-30(2)24(33)20-12-16(13-26-20)27-22-17-7-5-14(4-3-9-31)10-19(17)28-23(29-22)18-11-15(25)6-8-21(18)32/h5-8,10-11,16,20,26,31-32H,3-4,9,12-13H2,1-2H3,(H,27,28,29)/t16-,20+/m0/s1. The van der Waals surface area contributed by atoms with E-state index in [2.05, 4.69) is 20.6 Å². The number of fused-ring (bicyclic) bond motifs is 1. The number of aryl methyl sites for hydroxylation is 1. The van der Waals surface area contributed by atoms with Gasteiger partial charge >= 0.3 is 0 Å². The highest BCUT2D eigenvalue weighted by Gasteiger charge is 2.31. The molecule has 1 saturated heterocycles. The van der Waals surface area contributed by atoms with Crippen LogP contribution in [0.1, 0.15) is 18.4 Å². The van der Waals surface area contributed by atoms with Crippen LogP contribution < -0.4 is 10.6 Å². The minimum atomic E-state index is -0.497. The summed E-state index contributed by atoms with van der Waals surface area (Å²) < 4.78 is 13.9. The van der Waals surface area contributed by atoms with Gasteiger partial charge < -0.3 is 25.7 Å². The fourth-order valence-electron chi connectivity index (χ4n) is 4.07. The summed E-state index contributed by atoms with van der Waals surface area (Å²) in [5.74, 6) is 0.163. The summed E-state index contributed by atoms with van der Waals surface area (Å²) >= 11 is 0. The Bertz CT molecular complexity index is 1170. The van der Waals surface area contributed by atoms with Crippen molar-refractivity contribution in [1.82, 2.24) is 20.2 Å². The smallest absolute Gasteiger partial charge is 0.239 e. The molecule has 1 aliphatic rings. The molecule has 2 heterocycles. The second kappa shape index (κ2) is 9.68. The van der Waals surface area contributed by atoms with Crippen LogP contribution in [0.5, 0.6) is 5.75 Å². The highest BCUT2D eigenvalue weighted by Crippen LogP contribution is 2.32. The lowest BCUT2D eigenvalue weighted by atomic mass is 10.1. The monoisotopic (exact) mass is 453 g/mol. The largest absolute Gasteiger partial charge is 0.507 e. The maximum absolute atomic E-state index is 13.9. The van der Waals surface area contributed by atoms with Crippen LogP contribution in [0.15, 0.2) is 36.4 Å². The molecule has 3 aromatic rings. The van der Waals surface area contributed by atoms with Gasteiger partial charge in [-0.15, -0.1) is 0 Å². The number of nitrogens with one attached hydrogen (secondary N) is 2. The maximum atomic E-state index is 13.9. The van der Waals surface area contributed by atoms with Crippen molar-refractivity contribution in [3.8, 4) is 17.1 Å². The van der Waals surface area contributed by atoms with Crippen LogP contribution in [0, 0.1) is 5.82 Å². The number of aromatic hydroxyl groups is 1. The van der Waals surface area contributed by atoms with Gasteiger partial charge in [0.25, 0.3) is 0 Å². The lowest BCUT2D eigenvalue weighted by Gasteiger charge is -2.18. The van der Waals surface area contributed by atoms with E-state index in [1.54, 1.807) is 19.0 Å². The molecule has 8 nitrogen and oxygen atoms in total. The second-order valence-corrected chi connectivity index (χ2v) is 8.51. The average molecular weight is 454 g/mol. The molecule has 2 aromatic carbocycles. The molecule has 0 saturated carbocycles. The number of aromatic nitrogens is 2. The Labute approximate surface area is 191 Å². The minimum absolute atomic E-state index is 0.0192. The number of carbonyl (C=O) groups is 1. The van der Waals surface area contributed by atoms with Crippen molar-refractivity contribution in [2.75, 3.05) is 32.6 Å². The van der Waals surface area contributed by atoms with Gasteiger partial charge in [-0.3, -0.25) is 4.79 Å². The minimum Gasteiger partial charge on any atom is -0.507 e. The molecule has 4 rings (SSSR count). The van der Waals surface area contributed by atoms with Crippen LogP contribution in [0.3, 0.4) is 0 Å². The van der Waals surface area contributed by atoms with Gasteiger partial charge in [0, 0.05) is 38.7 Å². The number of hydrogen-bond donors (Lipinski definition) is 4. The van der Waals surface area contributed by atoms with E-state index >= 15 is 0 Å². The number of nitrogens with zero attached hydrogens (tertiary/aromatic N) is 3. The van der Waals surface area contributed by atoms with Gasteiger partial charge in [-0.25, -0.2) is 14.4 Å². The van der Waals surface area contributed by atoms with Crippen molar-refractivity contribution >= 4 is 22.6 Å². The van der Waals surface area contributed by atoms with Crippen molar-refractivity contribution in [1.29, 1.82) is 0 Å².